The zero-order chi connectivity index (χ0) is 17.9. The minimum atomic E-state index is -0.0561. The molecule has 3 heterocycles. The first-order valence-corrected chi connectivity index (χ1v) is 9.89. The first kappa shape index (κ1) is 17.2. The number of H-pyrrole nitrogens is 1. The lowest BCUT2D eigenvalue weighted by Crippen LogP contribution is -2.33. The summed E-state index contributed by atoms with van der Waals surface area (Å²) in [6.45, 7) is 1.39. The zero-order valence-electron chi connectivity index (χ0n) is 14.0. The number of carbonyl (C=O) groups excluding carboxylic acids is 1. The maximum absolute atomic E-state index is 12.8. The minimum Gasteiger partial charge on any atom is -0.463 e. The Morgan fingerprint density at radius 3 is 2.96 bits per heavy atom. The number of carbonyl (C=O) groups is 1. The number of benzene rings is 1. The second-order valence-electron chi connectivity index (χ2n) is 6.11. The number of aromatic nitrogens is 2. The number of halogens is 1. The summed E-state index contributed by atoms with van der Waals surface area (Å²) in [4.78, 5) is 14.7. The molecule has 134 valence electrons. The lowest BCUT2D eigenvalue weighted by Gasteiger charge is -2.19. The smallest absolute Gasteiger partial charge is 0.274 e. The number of amides is 1. The number of nitrogens with one attached hydrogen (secondary N) is 1. The Morgan fingerprint density at radius 2 is 2.15 bits per heavy atom. The van der Waals surface area contributed by atoms with E-state index in [0.29, 0.717) is 35.5 Å². The standard InChI is InChI=1S/C19H18ClN3O2S/c20-14-5-2-1-4-13(14)18-7-8-23(9-11-26-18)19(24)16-12-15(21-22-16)17-6-3-10-25-17/h1-6,10,12,18H,7-9,11H2,(H,21,22). The molecule has 1 fully saturated rings. The van der Waals surface area contributed by atoms with Gasteiger partial charge in [0, 0.05) is 35.2 Å². The molecule has 5 nitrogen and oxygen atoms in total. The number of aromatic amines is 1. The van der Waals surface area contributed by atoms with Gasteiger partial charge in [-0.1, -0.05) is 29.8 Å². The maximum atomic E-state index is 12.8. The highest BCUT2D eigenvalue weighted by Gasteiger charge is 2.25. The molecular weight excluding hydrogens is 370 g/mol. The SMILES string of the molecule is O=C(c1cc(-c2ccco2)[nH]n1)N1CCSC(c2ccccc2Cl)CC1. The van der Waals surface area contributed by atoms with Crippen molar-refractivity contribution in [1.82, 2.24) is 15.1 Å². The summed E-state index contributed by atoms with van der Waals surface area (Å²) >= 11 is 8.19. The topological polar surface area (TPSA) is 62.1 Å². The van der Waals surface area contributed by atoms with Crippen molar-refractivity contribution < 1.29 is 9.21 Å². The van der Waals surface area contributed by atoms with Crippen LogP contribution in [0.4, 0.5) is 0 Å². The van der Waals surface area contributed by atoms with Gasteiger partial charge in [0.2, 0.25) is 0 Å². The van der Waals surface area contributed by atoms with E-state index in [9.17, 15) is 4.79 Å². The summed E-state index contributed by atoms with van der Waals surface area (Å²) in [7, 11) is 0. The molecule has 0 radical (unpaired) electrons. The van der Waals surface area contributed by atoms with Crippen molar-refractivity contribution in [2.24, 2.45) is 0 Å². The van der Waals surface area contributed by atoms with Gasteiger partial charge >= 0.3 is 0 Å². The van der Waals surface area contributed by atoms with Gasteiger partial charge in [0.15, 0.2) is 11.5 Å². The molecule has 1 aliphatic rings. The molecule has 7 heteroatoms. The predicted molar refractivity (Wildman–Crippen MR) is 103 cm³/mol. The van der Waals surface area contributed by atoms with Crippen molar-refractivity contribution >= 4 is 29.3 Å². The van der Waals surface area contributed by atoms with Crippen LogP contribution in [0.5, 0.6) is 0 Å². The summed E-state index contributed by atoms with van der Waals surface area (Å²) < 4.78 is 5.34. The molecule has 1 aromatic carbocycles. The summed E-state index contributed by atoms with van der Waals surface area (Å²) in [5, 5.41) is 8.13. The van der Waals surface area contributed by atoms with Gasteiger partial charge in [0.25, 0.3) is 5.91 Å². The molecule has 1 atom stereocenters. The van der Waals surface area contributed by atoms with Crippen LogP contribution < -0.4 is 0 Å². The second kappa shape index (κ2) is 7.60. The number of nitrogens with zero attached hydrogens (tertiary/aromatic N) is 2. The fourth-order valence-electron chi connectivity index (χ4n) is 3.11. The molecule has 0 spiro atoms. The van der Waals surface area contributed by atoms with Crippen LogP contribution in [0.1, 0.15) is 27.7 Å². The summed E-state index contributed by atoms with van der Waals surface area (Å²) in [6, 6.07) is 13.3. The molecule has 0 aliphatic carbocycles. The molecule has 1 saturated heterocycles. The Morgan fingerprint density at radius 1 is 1.27 bits per heavy atom. The molecule has 4 rings (SSSR count). The Kier molecular flexibility index (Phi) is 5.04. The minimum absolute atomic E-state index is 0.0561. The van der Waals surface area contributed by atoms with Crippen LogP contribution in [0, 0.1) is 0 Å². The Hall–Kier alpha value is -2.18. The van der Waals surface area contributed by atoms with Crippen LogP contribution in [0.2, 0.25) is 5.02 Å². The average Bonchev–Trinajstić information content (AvgIpc) is 3.29. The monoisotopic (exact) mass is 387 g/mol. The third-order valence-corrected chi connectivity index (χ3v) is 6.12. The lowest BCUT2D eigenvalue weighted by atomic mass is 10.1. The third-order valence-electron chi connectivity index (χ3n) is 4.46. The van der Waals surface area contributed by atoms with E-state index in [0.717, 1.165) is 22.8 Å². The van der Waals surface area contributed by atoms with Gasteiger partial charge in [-0.25, -0.2) is 0 Å². The van der Waals surface area contributed by atoms with Crippen molar-refractivity contribution in [1.29, 1.82) is 0 Å². The number of hydrogen-bond donors (Lipinski definition) is 1. The molecule has 1 unspecified atom stereocenters. The highest BCUT2D eigenvalue weighted by atomic mass is 35.5. The molecule has 0 bridgehead atoms. The van der Waals surface area contributed by atoms with Crippen molar-refractivity contribution in [3.8, 4) is 11.5 Å². The van der Waals surface area contributed by atoms with E-state index in [4.69, 9.17) is 16.0 Å². The molecule has 1 amide bonds. The first-order chi connectivity index (χ1) is 12.7. The normalized spacial score (nSPS) is 17.9. The van der Waals surface area contributed by atoms with Gasteiger partial charge in [-0.3, -0.25) is 9.89 Å². The Bertz CT molecular complexity index is 894. The molecule has 0 saturated carbocycles. The van der Waals surface area contributed by atoms with Gasteiger partial charge in [-0.05, 0) is 30.2 Å². The van der Waals surface area contributed by atoms with Crippen LogP contribution in [0.3, 0.4) is 0 Å². The predicted octanol–water partition coefficient (Wildman–Crippen LogP) is 4.64. The van der Waals surface area contributed by atoms with E-state index in [1.54, 1.807) is 18.4 Å². The first-order valence-electron chi connectivity index (χ1n) is 8.47. The largest absolute Gasteiger partial charge is 0.463 e. The van der Waals surface area contributed by atoms with Crippen LogP contribution in [0.25, 0.3) is 11.5 Å². The van der Waals surface area contributed by atoms with E-state index in [-0.39, 0.29) is 5.91 Å². The Balaban J connectivity index is 1.46. The maximum Gasteiger partial charge on any atom is 0.274 e. The van der Waals surface area contributed by atoms with Gasteiger partial charge in [0.1, 0.15) is 5.69 Å². The average molecular weight is 388 g/mol. The summed E-state index contributed by atoms with van der Waals surface area (Å²) in [6.07, 6.45) is 2.47. The van der Waals surface area contributed by atoms with E-state index in [1.807, 2.05) is 40.9 Å². The second-order valence-corrected chi connectivity index (χ2v) is 7.82. The van der Waals surface area contributed by atoms with Gasteiger partial charge in [0.05, 0.1) is 6.26 Å². The zero-order valence-corrected chi connectivity index (χ0v) is 15.6. The van der Waals surface area contributed by atoms with E-state index < -0.39 is 0 Å². The molecular formula is C19H18ClN3O2S. The summed E-state index contributed by atoms with van der Waals surface area (Å²) in [5.41, 5.74) is 2.27. The highest BCUT2D eigenvalue weighted by Crippen LogP contribution is 2.38. The third kappa shape index (κ3) is 3.52. The Labute approximate surface area is 160 Å². The van der Waals surface area contributed by atoms with Crippen molar-refractivity contribution in [2.75, 3.05) is 18.8 Å². The molecule has 3 aromatic rings. The van der Waals surface area contributed by atoms with Crippen LogP contribution >= 0.6 is 23.4 Å². The fraction of sp³-hybridized carbons (Fsp3) is 0.263. The van der Waals surface area contributed by atoms with Crippen molar-refractivity contribution in [3.05, 3.63) is 65.0 Å². The van der Waals surface area contributed by atoms with Gasteiger partial charge in [-0.2, -0.15) is 16.9 Å². The van der Waals surface area contributed by atoms with E-state index >= 15 is 0 Å². The molecule has 1 N–H and O–H groups in total. The van der Waals surface area contributed by atoms with Crippen molar-refractivity contribution in [2.45, 2.75) is 11.7 Å². The van der Waals surface area contributed by atoms with Gasteiger partial charge in [-0.15, -0.1) is 0 Å². The van der Waals surface area contributed by atoms with Crippen LogP contribution in [0.15, 0.2) is 53.1 Å². The van der Waals surface area contributed by atoms with Crippen LogP contribution in [-0.2, 0) is 0 Å². The van der Waals surface area contributed by atoms with Crippen molar-refractivity contribution in [3.63, 3.8) is 0 Å². The van der Waals surface area contributed by atoms with E-state index in [1.165, 1.54) is 0 Å². The quantitative estimate of drug-likeness (QED) is 0.710. The van der Waals surface area contributed by atoms with Gasteiger partial charge < -0.3 is 9.32 Å². The summed E-state index contributed by atoms with van der Waals surface area (Å²) in [5.74, 6) is 1.48. The van der Waals surface area contributed by atoms with Crippen LogP contribution in [-0.4, -0.2) is 39.8 Å². The molecule has 26 heavy (non-hydrogen) atoms. The number of rotatable bonds is 3. The highest BCUT2D eigenvalue weighted by molar-refractivity contribution is 7.99. The lowest BCUT2D eigenvalue weighted by molar-refractivity contribution is 0.0760. The number of furan rings is 1. The molecule has 2 aromatic heterocycles. The fourth-order valence-corrected chi connectivity index (χ4v) is 4.71. The molecule has 1 aliphatic heterocycles. The van der Waals surface area contributed by atoms with E-state index in [2.05, 4.69) is 16.3 Å². The number of hydrogen-bond acceptors (Lipinski definition) is 4. The number of thioether (sulfide) groups is 1.